The van der Waals surface area contributed by atoms with Gasteiger partial charge in [0.05, 0.1) is 18.4 Å². The first-order valence-corrected chi connectivity index (χ1v) is 7.28. The van der Waals surface area contributed by atoms with E-state index in [0.717, 1.165) is 18.2 Å². The molecule has 0 aliphatic heterocycles. The van der Waals surface area contributed by atoms with Crippen molar-refractivity contribution in [3.8, 4) is 5.82 Å². The van der Waals surface area contributed by atoms with E-state index < -0.39 is 11.2 Å². The van der Waals surface area contributed by atoms with Gasteiger partial charge in [-0.2, -0.15) is 5.10 Å². The van der Waals surface area contributed by atoms with Gasteiger partial charge < -0.3 is 5.32 Å². The van der Waals surface area contributed by atoms with Gasteiger partial charge in [-0.25, -0.2) is 14.1 Å². The highest BCUT2D eigenvalue weighted by Gasteiger charge is 2.24. The van der Waals surface area contributed by atoms with Gasteiger partial charge in [-0.1, -0.05) is 33.8 Å². The van der Waals surface area contributed by atoms with Gasteiger partial charge in [0.1, 0.15) is 0 Å². The van der Waals surface area contributed by atoms with E-state index in [-0.39, 0.29) is 11.9 Å². The molecule has 0 spiro atoms. The Morgan fingerprint density at radius 1 is 1.36 bits per heavy atom. The summed E-state index contributed by atoms with van der Waals surface area (Å²) in [5, 5.41) is 6.90. The lowest BCUT2D eigenvalue weighted by Crippen LogP contribution is -2.37. The van der Waals surface area contributed by atoms with Gasteiger partial charge in [0, 0.05) is 11.6 Å². The van der Waals surface area contributed by atoms with E-state index in [9.17, 15) is 9.18 Å². The maximum Gasteiger partial charge on any atom is 0.225 e. The summed E-state index contributed by atoms with van der Waals surface area (Å²) >= 11 is 0. The molecule has 0 aromatic carbocycles. The molecule has 0 fully saturated rings. The predicted molar refractivity (Wildman–Crippen MR) is 81.9 cm³/mol. The second-order valence-electron chi connectivity index (χ2n) is 6.24. The lowest BCUT2D eigenvalue weighted by atomic mass is 9.94. The maximum absolute atomic E-state index is 13.0. The normalized spacial score (nSPS) is 13.0. The fourth-order valence-electron chi connectivity index (χ4n) is 1.96. The summed E-state index contributed by atoms with van der Waals surface area (Å²) in [7, 11) is 0. The molecule has 1 amide bonds. The number of aromatic nitrogens is 3. The quantitative estimate of drug-likeness (QED) is 0.944. The number of pyridine rings is 1. The van der Waals surface area contributed by atoms with Crippen molar-refractivity contribution in [1.82, 2.24) is 20.1 Å². The number of halogens is 1. The van der Waals surface area contributed by atoms with Crippen LogP contribution in [-0.2, 0) is 4.79 Å². The Bertz CT molecular complexity index is 643. The van der Waals surface area contributed by atoms with E-state index in [1.165, 1.54) is 10.9 Å². The Morgan fingerprint density at radius 3 is 2.55 bits per heavy atom. The molecule has 0 radical (unpaired) electrons. The number of hydrogen-bond acceptors (Lipinski definition) is 3. The van der Waals surface area contributed by atoms with Gasteiger partial charge in [0.25, 0.3) is 0 Å². The van der Waals surface area contributed by atoms with Crippen LogP contribution in [0.25, 0.3) is 5.82 Å². The summed E-state index contributed by atoms with van der Waals surface area (Å²) in [5.41, 5.74) is 0.476. The van der Waals surface area contributed by atoms with Crippen LogP contribution in [0.15, 0.2) is 30.7 Å². The third-order valence-corrected chi connectivity index (χ3v) is 3.35. The molecule has 0 saturated heterocycles. The largest absolute Gasteiger partial charge is 0.349 e. The van der Waals surface area contributed by atoms with Crippen molar-refractivity contribution in [1.29, 1.82) is 0 Å². The topological polar surface area (TPSA) is 59.8 Å². The molecule has 1 atom stereocenters. The summed E-state index contributed by atoms with van der Waals surface area (Å²) in [6.45, 7) is 7.64. The van der Waals surface area contributed by atoms with E-state index in [1.807, 2.05) is 33.8 Å². The number of hydrogen-bond donors (Lipinski definition) is 1. The summed E-state index contributed by atoms with van der Waals surface area (Å²) in [4.78, 5) is 16.4. The molecular weight excluding hydrogens is 283 g/mol. The maximum atomic E-state index is 13.0. The summed E-state index contributed by atoms with van der Waals surface area (Å²) in [6.07, 6.45) is 4.85. The van der Waals surface area contributed by atoms with E-state index in [0.29, 0.717) is 5.82 Å². The number of nitrogens with zero attached hydrogens (tertiary/aromatic N) is 3. The van der Waals surface area contributed by atoms with Crippen LogP contribution in [0.4, 0.5) is 4.39 Å². The number of carbonyl (C=O) groups excluding carboxylic acids is 1. The van der Waals surface area contributed by atoms with E-state index in [4.69, 9.17) is 0 Å². The first-order chi connectivity index (χ1) is 10.3. The van der Waals surface area contributed by atoms with Gasteiger partial charge in [0.15, 0.2) is 11.6 Å². The fourth-order valence-corrected chi connectivity index (χ4v) is 1.96. The molecule has 0 unspecified atom stereocenters. The number of carbonyl (C=O) groups is 1. The highest BCUT2D eigenvalue weighted by Crippen LogP contribution is 2.20. The third-order valence-electron chi connectivity index (χ3n) is 3.35. The number of nitrogens with one attached hydrogen (secondary N) is 1. The smallest absolute Gasteiger partial charge is 0.225 e. The van der Waals surface area contributed by atoms with Crippen LogP contribution in [-0.4, -0.2) is 20.7 Å². The molecule has 0 aliphatic rings. The minimum Gasteiger partial charge on any atom is -0.349 e. The van der Waals surface area contributed by atoms with Crippen LogP contribution in [0.2, 0.25) is 0 Å². The molecular formula is C16H21FN4O. The van der Waals surface area contributed by atoms with Gasteiger partial charge in [-0.15, -0.1) is 0 Å². The highest BCUT2D eigenvalue weighted by molar-refractivity contribution is 5.81. The van der Waals surface area contributed by atoms with Crippen LogP contribution in [0.3, 0.4) is 0 Å². The number of amides is 1. The van der Waals surface area contributed by atoms with E-state index in [2.05, 4.69) is 15.4 Å². The molecule has 5 nitrogen and oxygen atoms in total. The fraction of sp³-hybridized carbons (Fsp3) is 0.438. The summed E-state index contributed by atoms with van der Waals surface area (Å²) < 4.78 is 14.3. The Morgan fingerprint density at radius 2 is 2.09 bits per heavy atom. The van der Waals surface area contributed by atoms with Crippen molar-refractivity contribution in [3.63, 3.8) is 0 Å². The first kappa shape index (κ1) is 16.1. The molecule has 2 aromatic heterocycles. The molecule has 22 heavy (non-hydrogen) atoms. The molecule has 0 aliphatic carbocycles. The Labute approximate surface area is 129 Å². The van der Waals surface area contributed by atoms with Crippen molar-refractivity contribution in [2.75, 3.05) is 0 Å². The summed E-state index contributed by atoms with van der Waals surface area (Å²) in [6, 6.07) is 3.54. The van der Waals surface area contributed by atoms with Crippen molar-refractivity contribution in [2.45, 2.75) is 40.2 Å². The molecule has 2 heterocycles. The zero-order valence-electron chi connectivity index (χ0n) is 13.3. The third kappa shape index (κ3) is 3.69. The van der Waals surface area contributed by atoms with Gasteiger partial charge >= 0.3 is 0 Å². The SMILES string of the molecule is CC[C@H](NC(=O)C(C)(C)C)c1ccc(-n2cc(F)cn2)nc1. The highest BCUT2D eigenvalue weighted by atomic mass is 19.1. The van der Waals surface area contributed by atoms with Crippen LogP contribution < -0.4 is 5.32 Å². The first-order valence-electron chi connectivity index (χ1n) is 7.28. The minimum atomic E-state index is -0.437. The molecule has 0 bridgehead atoms. The van der Waals surface area contributed by atoms with Gasteiger partial charge in [-0.05, 0) is 18.1 Å². The average Bonchev–Trinajstić information content (AvgIpc) is 2.90. The molecule has 0 saturated carbocycles. The average molecular weight is 304 g/mol. The second-order valence-corrected chi connectivity index (χ2v) is 6.24. The standard InChI is InChI=1S/C16H21FN4O/c1-5-13(20-15(22)16(2,3)4)11-6-7-14(18-8-11)21-10-12(17)9-19-21/h6-10,13H,5H2,1-4H3,(H,20,22)/t13-/m0/s1. The van der Waals surface area contributed by atoms with Crippen molar-refractivity contribution in [2.24, 2.45) is 5.41 Å². The van der Waals surface area contributed by atoms with Crippen LogP contribution in [0.5, 0.6) is 0 Å². The minimum absolute atomic E-state index is 0.00225. The zero-order chi connectivity index (χ0) is 16.3. The zero-order valence-corrected chi connectivity index (χ0v) is 13.3. The lowest BCUT2D eigenvalue weighted by Gasteiger charge is -2.23. The van der Waals surface area contributed by atoms with Crippen molar-refractivity contribution >= 4 is 5.91 Å². The molecule has 1 N–H and O–H groups in total. The molecule has 118 valence electrons. The Hall–Kier alpha value is -2.24. The summed E-state index contributed by atoms with van der Waals surface area (Å²) in [5.74, 6) is 0.122. The van der Waals surface area contributed by atoms with Crippen LogP contribution in [0, 0.1) is 11.2 Å². The molecule has 2 aromatic rings. The number of rotatable bonds is 4. The molecule has 2 rings (SSSR count). The van der Waals surface area contributed by atoms with Crippen LogP contribution in [0.1, 0.15) is 45.7 Å². The second kappa shape index (κ2) is 6.25. The van der Waals surface area contributed by atoms with Crippen molar-refractivity contribution < 1.29 is 9.18 Å². The predicted octanol–water partition coefficient (Wildman–Crippen LogP) is 3.02. The Kier molecular flexibility index (Phi) is 4.59. The molecule has 6 heteroatoms. The van der Waals surface area contributed by atoms with Gasteiger partial charge in [-0.3, -0.25) is 4.79 Å². The monoisotopic (exact) mass is 304 g/mol. The van der Waals surface area contributed by atoms with Crippen molar-refractivity contribution in [3.05, 3.63) is 42.1 Å². The van der Waals surface area contributed by atoms with E-state index in [1.54, 1.807) is 12.3 Å². The van der Waals surface area contributed by atoms with E-state index >= 15 is 0 Å². The van der Waals surface area contributed by atoms with Gasteiger partial charge in [0.2, 0.25) is 5.91 Å². The Balaban J connectivity index is 2.15. The van der Waals surface area contributed by atoms with Crippen LogP contribution >= 0.6 is 0 Å². The lowest BCUT2D eigenvalue weighted by molar-refractivity contribution is -0.129.